The van der Waals surface area contributed by atoms with Crippen molar-refractivity contribution in [3.05, 3.63) is 23.8 Å². The van der Waals surface area contributed by atoms with Gasteiger partial charge in [-0.1, -0.05) is 6.07 Å². The first-order valence-electron chi connectivity index (χ1n) is 5.08. The minimum atomic E-state index is -0.505. The van der Waals surface area contributed by atoms with Crippen LogP contribution in [-0.2, 0) is 0 Å². The van der Waals surface area contributed by atoms with Gasteiger partial charge in [0.05, 0.1) is 7.11 Å². The van der Waals surface area contributed by atoms with Crippen molar-refractivity contribution in [1.82, 2.24) is 0 Å². The molecule has 1 rings (SSSR count). The van der Waals surface area contributed by atoms with E-state index in [1.807, 2.05) is 25.1 Å². The van der Waals surface area contributed by atoms with Crippen LogP contribution in [0.2, 0.25) is 0 Å². The lowest BCUT2D eigenvalue weighted by atomic mass is 10.1. The number of rotatable bonds is 4. The number of nitriles is 1. The Bertz CT molecular complexity index is 396. The van der Waals surface area contributed by atoms with Gasteiger partial charge in [-0.3, -0.25) is 0 Å². The number of nitrogens with zero attached hydrogens (tertiary/aromatic N) is 1. The predicted molar refractivity (Wildman–Crippen MR) is 61.3 cm³/mol. The molecule has 0 amide bonds. The quantitative estimate of drug-likeness (QED) is 0.842. The van der Waals surface area contributed by atoms with Crippen molar-refractivity contribution in [3.63, 3.8) is 0 Å². The second-order valence-electron chi connectivity index (χ2n) is 3.59. The molecule has 4 nitrogen and oxygen atoms in total. The summed E-state index contributed by atoms with van der Waals surface area (Å²) in [6.45, 7) is 3.58. The summed E-state index contributed by atoms with van der Waals surface area (Å²) < 4.78 is 10.6. The van der Waals surface area contributed by atoms with Crippen molar-refractivity contribution in [2.75, 3.05) is 7.11 Å². The molecule has 0 heterocycles. The molecule has 0 fully saturated rings. The highest BCUT2D eigenvalue weighted by Crippen LogP contribution is 2.30. The maximum absolute atomic E-state index is 8.67. The number of nitrogens with two attached hydrogens (primary N) is 1. The number of benzene rings is 1. The maximum Gasteiger partial charge on any atom is 0.181 e. The molecular weight excluding hydrogens is 204 g/mol. The first-order chi connectivity index (χ1) is 7.58. The van der Waals surface area contributed by atoms with E-state index in [4.69, 9.17) is 20.5 Å². The SMILES string of the molecule is COc1cc([C@H](C)N)ccc1OC(C)C#N. The monoisotopic (exact) mass is 220 g/mol. The minimum absolute atomic E-state index is 0.0589. The summed E-state index contributed by atoms with van der Waals surface area (Å²) in [5, 5.41) is 8.67. The summed E-state index contributed by atoms with van der Waals surface area (Å²) in [4.78, 5) is 0. The van der Waals surface area contributed by atoms with E-state index in [9.17, 15) is 0 Å². The normalized spacial score (nSPS) is 13.7. The minimum Gasteiger partial charge on any atom is -0.493 e. The standard InChI is InChI=1S/C12H16N2O2/c1-8(7-13)16-11-5-4-10(9(2)14)6-12(11)15-3/h4-6,8-9H,14H2,1-3H3/t8?,9-/m0/s1. The fourth-order valence-electron chi connectivity index (χ4n) is 1.28. The van der Waals surface area contributed by atoms with Gasteiger partial charge < -0.3 is 15.2 Å². The van der Waals surface area contributed by atoms with Crippen LogP contribution in [0.3, 0.4) is 0 Å². The molecule has 4 heteroatoms. The van der Waals surface area contributed by atoms with Crippen LogP contribution in [-0.4, -0.2) is 13.2 Å². The molecule has 2 N–H and O–H groups in total. The number of hydrogen-bond acceptors (Lipinski definition) is 4. The Morgan fingerprint density at radius 3 is 2.50 bits per heavy atom. The van der Waals surface area contributed by atoms with E-state index in [1.165, 1.54) is 0 Å². The molecule has 1 aromatic carbocycles. The van der Waals surface area contributed by atoms with Gasteiger partial charge in [-0.15, -0.1) is 0 Å². The summed E-state index contributed by atoms with van der Waals surface area (Å²) in [5.74, 6) is 1.15. The van der Waals surface area contributed by atoms with Crippen molar-refractivity contribution in [3.8, 4) is 17.6 Å². The molecule has 0 aliphatic heterocycles. The van der Waals surface area contributed by atoms with Crippen LogP contribution in [0.5, 0.6) is 11.5 Å². The Labute approximate surface area is 95.6 Å². The van der Waals surface area contributed by atoms with Gasteiger partial charge in [0.15, 0.2) is 17.6 Å². The van der Waals surface area contributed by atoms with E-state index in [2.05, 4.69) is 0 Å². The highest BCUT2D eigenvalue weighted by molar-refractivity contribution is 5.44. The van der Waals surface area contributed by atoms with Crippen LogP contribution in [0.15, 0.2) is 18.2 Å². The van der Waals surface area contributed by atoms with Crippen LogP contribution >= 0.6 is 0 Å². The predicted octanol–water partition coefficient (Wildman–Crippen LogP) is 2.01. The first kappa shape index (κ1) is 12.3. The van der Waals surface area contributed by atoms with Crippen molar-refractivity contribution < 1.29 is 9.47 Å². The molecule has 1 aromatic rings. The van der Waals surface area contributed by atoms with Crippen LogP contribution in [0, 0.1) is 11.3 Å². The third kappa shape index (κ3) is 2.88. The van der Waals surface area contributed by atoms with Gasteiger partial charge in [0, 0.05) is 6.04 Å². The van der Waals surface area contributed by atoms with E-state index in [0.717, 1.165) is 5.56 Å². The highest BCUT2D eigenvalue weighted by atomic mass is 16.5. The van der Waals surface area contributed by atoms with Gasteiger partial charge in [0.2, 0.25) is 0 Å². The maximum atomic E-state index is 8.67. The summed E-state index contributed by atoms with van der Waals surface area (Å²) in [7, 11) is 1.56. The third-order valence-electron chi connectivity index (χ3n) is 2.20. The molecule has 0 aromatic heterocycles. The van der Waals surface area contributed by atoms with Crippen LogP contribution < -0.4 is 15.2 Å². The second kappa shape index (κ2) is 5.38. The van der Waals surface area contributed by atoms with Crippen molar-refractivity contribution in [1.29, 1.82) is 5.26 Å². The van der Waals surface area contributed by atoms with E-state index in [1.54, 1.807) is 20.1 Å². The Balaban J connectivity index is 2.98. The van der Waals surface area contributed by atoms with Crippen LogP contribution in [0.1, 0.15) is 25.5 Å². The number of ether oxygens (including phenoxy) is 2. The highest BCUT2D eigenvalue weighted by Gasteiger charge is 2.10. The lowest BCUT2D eigenvalue weighted by Gasteiger charge is -2.14. The zero-order valence-corrected chi connectivity index (χ0v) is 9.73. The molecular formula is C12H16N2O2. The zero-order chi connectivity index (χ0) is 12.1. The molecule has 0 spiro atoms. The van der Waals surface area contributed by atoms with E-state index in [0.29, 0.717) is 11.5 Å². The Kier molecular flexibility index (Phi) is 4.15. The summed E-state index contributed by atoms with van der Waals surface area (Å²) in [5.41, 5.74) is 6.73. The Hall–Kier alpha value is -1.73. The van der Waals surface area contributed by atoms with Gasteiger partial charge >= 0.3 is 0 Å². The summed E-state index contributed by atoms with van der Waals surface area (Å²) in [6, 6.07) is 7.40. The number of hydrogen-bond donors (Lipinski definition) is 1. The van der Waals surface area contributed by atoms with E-state index in [-0.39, 0.29) is 6.04 Å². The molecule has 2 atom stereocenters. The molecule has 1 unspecified atom stereocenters. The Morgan fingerprint density at radius 1 is 1.31 bits per heavy atom. The molecule has 86 valence electrons. The van der Waals surface area contributed by atoms with Gasteiger partial charge in [-0.2, -0.15) is 5.26 Å². The largest absolute Gasteiger partial charge is 0.493 e. The van der Waals surface area contributed by atoms with Crippen LogP contribution in [0.4, 0.5) is 0 Å². The van der Waals surface area contributed by atoms with Crippen molar-refractivity contribution in [2.45, 2.75) is 26.0 Å². The van der Waals surface area contributed by atoms with Gasteiger partial charge in [-0.25, -0.2) is 0 Å². The lowest BCUT2D eigenvalue weighted by Crippen LogP contribution is -2.10. The molecule has 0 bridgehead atoms. The fourth-order valence-corrected chi connectivity index (χ4v) is 1.28. The van der Waals surface area contributed by atoms with Gasteiger partial charge in [-0.05, 0) is 31.5 Å². The molecule has 0 saturated carbocycles. The van der Waals surface area contributed by atoms with Crippen molar-refractivity contribution >= 4 is 0 Å². The van der Waals surface area contributed by atoms with Gasteiger partial charge in [0.25, 0.3) is 0 Å². The van der Waals surface area contributed by atoms with E-state index >= 15 is 0 Å². The Morgan fingerprint density at radius 2 is 2.00 bits per heavy atom. The summed E-state index contributed by atoms with van der Waals surface area (Å²) >= 11 is 0. The molecule has 0 aliphatic carbocycles. The fraction of sp³-hybridized carbons (Fsp3) is 0.417. The van der Waals surface area contributed by atoms with Crippen LogP contribution in [0.25, 0.3) is 0 Å². The smallest absolute Gasteiger partial charge is 0.181 e. The molecule has 0 aliphatic rings. The third-order valence-corrected chi connectivity index (χ3v) is 2.20. The topological polar surface area (TPSA) is 68.3 Å². The number of methoxy groups -OCH3 is 1. The van der Waals surface area contributed by atoms with E-state index < -0.39 is 6.10 Å². The average Bonchev–Trinajstić information content (AvgIpc) is 2.29. The van der Waals surface area contributed by atoms with Gasteiger partial charge in [0.1, 0.15) is 6.07 Å². The average molecular weight is 220 g/mol. The zero-order valence-electron chi connectivity index (χ0n) is 9.73. The molecule has 0 radical (unpaired) electrons. The second-order valence-corrected chi connectivity index (χ2v) is 3.59. The van der Waals surface area contributed by atoms with Crippen molar-refractivity contribution in [2.24, 2.45) is 5.73 Å². The molecule has 16 heavy (non-hydrogen) atoms. The lowest BCUT2D eigenvalue weighted by molar-refractivity contribution is 0.260. The molecule has 0 saturated heterocycles. The first-order valence-corrected chi connectivity index (χ1v) is 5.08. The summed E-state index contributed by atoms with van der Waals surface area (Å²) in [6.07, 6.45) is -0.505.